The third-order valence-corrected chi connectivity index (χ3v) is 9.59. The summed E-state index contributed by atoms with van der Waals surface area (Å²) >= 11 is 0. The quantitative estimate of drug-likeness (QED) is 0.771. The zero-order valence-corrected chi connectivity index (χ0v) is 12.3. The van der Waals surface area contributed by atoms with Gasteiger partial charge < -0.3 is 9.53 Å². The van der Waals surface area contributed by atoms with Gasteiger partial charge in [0.25, 0.3) is 0 Å². The van der Waals surface area contributed by atoms with E-state index in [0.29, 0.717) is 23.7 Å². The van der Waals surface area contributed by atoms with E-state index in [1.54, 1.807) is 0 Å². The van der Waals surface area contributed by atoms with Crippen LogP contribution in [0.5, 0.6) is 0 Å². The van der Waals surface area contributed by atoms with Crippen molar-refractivity contribution in [1.82, 2.24) is 0 Å². The van der Waals surface area contributed by atoms with Gasteiger partial charge in [-0.2, -0.15) is 0 Å². The lowest BCUT2D eigenvalue weighted by atomic mass is 10.1. The van der Waals surface area contributed by atoms with Crippen LogP contribution in [0.15, 0.2) is 0 Å². The Bertz CT molecular complexity index is 258. The van der Waals surface area contributed by atoms with Crippen molar-refractivity contribution in [3.63, 3.8) is 0 Å². The molecule has 1 unspecified atom stereocenters. The van der Waals surface area contributed by atoms with Gasteiger partial charge in [0.2, 0.25) is 0 Å². The van der Waals surface area contributed by atoms with Crippen LogP contribution in [-0.4, -0.2) is 26.1 Å². The van der Waals surface area contributed by atoms with E-state index in [1.165, 1.54) is 12.8 Å². The van der Waals surface area contributed by atoms with Crippen molar-refractivity contribution >= 4 is 8.32 Å². The van der Waals surface area contributed by atoms with Crippen molar-refractivity contribution in [2.75, 3.05) is 6.61 Å². The maximum Gasteiger partial charge on any atom is 0.192 e. The first-order chi connectivity index (χ1) is 7.26. The molecule has 0 radical (unpaired) electrons. The summed E-state index contributed by atoms with van der Waals surface area (Å²) < 4.78 is 6.41. The summed E-state index contributed by atoms with van der Waals surface area (Å²) in [5.41, 5.74) is 0. The Morgan fingerprint density at radius 3 is 2.06 bits per heavy atom. The Hall–Kier alpha value is 0.137. The molecule has 2 nitrogen and oxygen atoms in total. The minimum atomic E-state index is -1.57. The van der Waals surface area contributed by atoms with E-state index in [4.69, 9.17) is 9.53 Å². The minimum absolute atomic E-state index is 0.316. The third kappa shape index (κ3) is 2.09. The summed E-state index contributed by atoms with van der Waals surface area (Å²) in [6.45, 7) is 11.9. The molecule has 94 valence electrons. The molecule has 2 fully saturated rings. The summed E-state index contributed by atoms with van der Waals surface area (Å²) in [6.07, 6.45) is 2.88. The van der Waals surface area contributed by atoms with E-state index in [0.717, 1.165) is 11.8 Å². The van der Waals surface area contributed by atoms with Crippen molar-refractivity contribution in [3.8, 4) is 0 Å². The van der Waals surface area contributed by atoms with Crippen molar-refractivity contribution in [1.29, 1.82) is 0 Å². The first kappa shape index (κ1) is 12.6. The molecular formula is C13H26O2Si. The lowest BCUT2D eigenvalue weighted by Crippen LogP contribution is -2.43. The molecule has 0 spiro atoms. The van der Waals surface area contributed by atoms with Crippen LogP contribution in [0.3, 0.4) is 0 Å². The van der Waals surface area contributed by atoms with Crippen LogP contribution in [-0.2, 0) is 4.43 Å². The van der Waals surface area contributed by atoms with Crippen molar-refractivity contribution in [2.45, 2.75) is 57.8 Å². The van der Waals surface area contributed by atoms with Crippen LogP contribution < -0.4 is 0 Å². The maximum absolute atomic E-state index is 9.13. The fraction of sp³-hybridized carbons (Fsp3) is 1.00. The Labute approximate surface area is 101 Å². The average Bonchev–Trinajstić information content (AvgIpc) is 2.59. The largest absolute Gasteiger partial charge is 0.414 e. The first-order valence-corrected chi connectivity index (χ1v) is 9.46. The number of hydrogen-bond donors (Lipinski definition) is 1. The summed E-state index contributed by atoms with van der Waals surface area (Å²) in [6, 6.07) is 0. The number of aliphatic hydroxyl groups is 1. The zero-order chi connectivity index (χ0) is 12.1. The van der Waals surface area contributed by atoms with Crippen molar-refractivity contribution < 1.29 is 9.53 Å². The second kappa shape index (κ2) is 3.82. The normalized spacial score (nSPS) is 38.6. The van der Waals surface area contributed by atoms with Crippen LogP contribution in [0.1, 0.15) is 33.6 Å². The molecule has 3 heteroatoms. The standard InChI is InChI=1S/C13H26O2Si/c1-13(2,3)16(4,5)15-9-6-10-11(7-9)12(10)8-14/h9-12,14H,6-8H2,1-5H3/t9?,10-,11+,12+. The van der Waals surface area contributed by atoms with Gasteiger partial charge in [-0.05, 0) is 48.7 Å². The molecular weight excluding hydrogens is 216 g/mol. The van der Waals surface area contributed by atoms with E-state index in [-0.39, 0.29) is 0 Å². The van der Waals surface area contributed by atoms with Gasteiger partial charge in [0, 0.05) is 12.7 Å². The van der Waals surface area contributed by atoms with E-state index in [9.17, 15) is 0 Å². The van der Waals surface area contributed by atoms with Gasteiger partial charge in [0.1, 0.15) is 0 Å². The Morgan fingerprint density at radius 1 is 1.19 bits per heavy atom. The Kier molecular flexibility index (Phi) is 3.01. The zero-order valence-electron chi connectivity index (χ0n) is 11.3. The molecule has 0 aromatic carbocycles. The lowest BCUT2D eigenvalue weighted by molar-refractivity contribution is 0.155. The van der Waals surface area contributed by atoms with Gasteiger partial charge in [-0.25, -0.2) is 0 Å². The summed E-state index contributed by atoms with van der Waals surface area (Å²) in [5, 5.41) is 9.44. The second-order valence-corrected chi connectivity index (χ2v) is 11.9. The first-order valence-electron chi connectivity index (χ1n) is 6.55. The van der Waals surface area contributed by atoms with Crippen LogP contribution in [0.2, 0.25) is 18.1 Å². The van der Waals surface area contributed by atoms with Crippen LogP contribution >= 0.6 is 0 Å². The highest BCUT2D eigenvalue weighted by Gasteiger charge is 2.56. The van der Waals surface area contributed by atoms with Gasteiger partial charge in [0.05, 0.1) is 0 Å². The Balaban J connectivity index is 1.85. The van der Waals surface area contributed by atoms with E-state index in [2.05, 4.69) is 33.9 Å². The van der Waals surface area contributed by atoms with Crippen molar-refractivity contribution in [2.24, 2.45) is 17.8 Å². The fourth-order valence-corrected chi connectivity index (χ4v) is 4.27. The highest BCUT2D eigenvalue weighted by Crippen LogP contribution is 2.58. The number of hydrogen-bond acceptors (Lipinski definition) is 2. The molecule has 2 aliphatic rings. The highest BCUT2D eigenvalue weighted by atomic mass is 28.4. The van der Waals surface area contributed by atoms with Gasteiger partial charge in [0.15, 0.2) is 8.32 Å². The molecule has 16 heavy (non-hydrogen) atoms. The van der Waals surface area contributed by atoms with Gasteiger partial charge in [-0.1, -0.05) is 20.8 Å². The van der Waals surface area contributed by atoms with Gasteiger partial charge in [-0.15, -0.1) is 0 Å². The number of aliphatic hydroxyl groups excluding tert-OH is 1. The monoisotopic (exact) mass is 242 g/mol. The second-order valence-electron chi connectivity index (χ2n) is 7.15. The van der Waals surface area contributed by atoms with Gasteiger partial charge >= 0.3 is 0 Å². The van der Waals surface area contributed by atoms with Gasteiger partial charge in [-0.3, -0.25) is 0 Å². The molecule has 1 N–H and O–H groups in total. The molecule has 2 aliphatic carbocycles. The molecule has 0 amide bonds. The predicted octanol–water partition coefficient (Wildman–Crippen LogP) is 3.03. The molecule has 0 heterocycles. The topological polar surface area (TPSA) is 29.5 Å². The summed E-state index contributed by atoms with van der Waals surface area (Å²) in [4.78, 5) is 0. The molecule has 4 atom stereocenters. The fourth-order valence-electron chi connectivity index (χ4n) is 2.89. The predicted molar refractivity (Wildman–Crippen MR) is 68.9 cm³/mol. The average molecular weight is 242 g/mol. The minimum Gasteiger partial charge on any atom is -0.414 e. The molecule has 0 aliphatic heterocycles. The molecule has 0 saturated heterocycles. The molecule has 0 aromatic heterocycles. The van der Waals surface area contributed by atoms with Crippen molar-refractivity contribution in [3.05, 3.63) is 0 Å². The smallest absolute Gasteiger partial charge is 0.192 e. The lowest BCUT2D eigenvalue weighted by Gasteiger charge is -2.39. The van der Waals surface area contributed by atoms with E-state index >= 15 is 0 Å². The van der Waals surface area contributed by atoms with Crippen LogP contribution in [0.25, 0.3) is 0 Å². The third-order valence-electron chi connectivity index (χ3n) is 5.06. The van der Waals surface area contributed by atoms with E-state index in [1.807, 2.05) is 0 Å². The Morgan fingerprint density at radius 2 is 1.69 bits per heavy atom. The highest BCUT2D eigenvalue weighted by molar-refractivity contribution is 6.74. The van der Waals surface area contributed by atoms with Crippen LogP contribution in [0.4, 0.5) is 0 Å². The summed E-state index contributed by atoms with van der Waals surface area (Å²) in [5.74, 6) is 2.17. The number of rotatable bonds is 3. The number of fused-ring (bicyclic) bond motifs is 1. The SMILES string of the molecule is CC(C)(C)[Si](C)(C)OC1C[C@@H]2[C@@H](CO)[C@@H]2C1. The molecule has 2 saturated carbocycles. The molecule has 0 bridgehead atoms. The molecule has 2 rings (SSSR count). The maximum atomic E-state index is 9.13. The summed E-state index contributed by atoms with van der Waals surface area (Å²) in [7, 11) is -1.57. The molecule has 0 aromatic rings. The van der Waals surface area contributed by atoms with Crippen LogP contribution in [0, 0.1) is 17.8 Å². The van der Waals surface area contributed by atoms with E-state index < -0.39 is 8.32 Å².